The molecule has 0 saturated heterocycles. The van der Waals surface area contributed by atoms with Crippen LogP contribution in [0.1, 0.15) is 25.3 Å². The molecule has 0 unspecified atom stereocenters. The molecular weight excluding hydrogens is 414 g/mol. The molecule has 0 amide bonds. The Balaban J connectivity index is 1.57. The number of hydrogen-bond acceptors (Lipinski definition) is 7. The summed E-state index contributed by atoms with van der Waals surface area (Å²) in [6.07, 6.45) is 3.49. The summed E-state index contributed by atoms with van der Waals surface area (Å²) in [7, 11) is 0. The van der Waals surface area contributed by atoms with Crippen LogP contribution >= 0.6 is 0 Å². The smallest absolute Gasteiger partial charge is 0.0858 e. The van der Waals surface area contributed by atoms with Gasteiger partial charge in [0.2, 0.25) is 0 Å². The molecule has 0 atom stereocenters. The Morgan fingerprint density at radius 3 is 1.39 bits per heavy atom. The van der Waals surface area contributed by atoms with E-state index in [2.05, 4.69) is 39.5 Å². The maximum absolute atomic E-state index is 9.17. The van der Waals surface area contributed by atoms with Crippen LogP contribution in [-0.2, 0) is 6.42 Å². The van der Waals surface area contributed by atoms with Gasteiger partial charge in [0, 0.05) is 18.8 Å². The molecule has 3 aromatic carbocycles. The van der Waals surface area contributed by atoms with Crippen LogP contribution in [-0.4, -0.2) is 36.5 Å². The van der Waals surface area contributed by atoms with Crippen LogP contribution in [0, 0.1) is 0 Å². The highest BCUT2D eigenvalue weighted by Crippen LogP contribution is 2.25. The molecule has 33 heavy (non-hydrogen) atoms. The first-order valence-electron chi connectivity index (χ1n) is 11.3. The summed E-state index contributed by atoms with van der Waals surface area (Å²) < 4.78 is 0. The van der Waals surface area contributed by atoms with Crippen molar-refractivity contribution in [3.63, 3.8) is 0 Å². The molecule has 7 nitrogen and oxygen atoms in total. The molecule has 3 aromatic rings. The first kappa shape index (κ1) is 24.2. The molecule has 0 heterocycles. The molecular formula is C26H31N5O2. The van der Waals surface area contributed by atoms with Gasteiger partial charge in [-0.25, -0.2) is 0 Å². The largest absolute Gasteiger partial charge is 0.395 e. The van der Waals surface area contributed by atoms with Gasteiger partial charge in [-0.2, -0.15) is 20.5 Å². The summed E-state index contributed by atoms with van der Waals surface area (Å²) in [6.45, 7) is 3.19. The Bertz CT molecular complexity index is 1010. The molecule has 0 spiro atoms. The van der Waals surface area contributed by atoms with E-state index in [0.717, 1.165) is 34.9 Å². The first-order valence-corrected chi connectivity index (χ1v) is 11.3. The number of aryl methyl sites for hydroxylation is 1. The van der Waals surface area contributed by atoms with E-state index < -0.39 is 0 Å². The normalized spacial score (nSPS) is 11.5. The van der Waals surface area contributed by atoms with Gasteiger partial charge in [0.1, 0.15) is 0 Å². The number of hydrogen-bond donors (Lipinski definition) is 2. The third-order valence-electron chi connectivity index (χ3n) is 5.12. The van der Waals surface area contributed by atoms with E-state index in [1.165, 1.54) is 18.4 Å². The van der Waals surface area contributed by atoms with Crippen molar-refractivity contribution in [2.75, 3.05) is 31.2 Å². The number of nitrogens with zero attached hydrogens (tertiary/aromatic N) is 5. The summed E-state index contributed by atoms with van der Waals surface area (Å²) in [5.41, 5.74) is 5.27. The topological polar surface area (TPSA) is 93.1 Å². The van der Waals surface area contributed by atoms with Gasteiger partial charge in [-0.3, -0.25) is 0 Å². The molecule has 7 heteroatoms. The molecule has 0 saturated carbocycles. The SMILES string of the molecule is CCCCc1ccc(N=Nc2ccc(N=Nc3ccc(N(CCO)CCO)cc3)cc2)cc1. The quantitative estimate of drug-likeness (QED) is 0.306. The van der Waals surface area contributed by atoms with Gasteiger partial charge < -0.3 is 15.1 Å². The van der Waals surface area contributed by atoms with Gasteiger partial charge in [-0.15, -0.1) is 0 Å². The van der Waals surface area contributed by atoms with Gasteiger partial charge in [-0.05, 0) is 79.1 Å². The molecule has 3 rings (SSSR count). The minimum atomic E-state index is 0.0301. The van der Waals surface area contributed by atoms with Crippen molar-refractivity contribution in [1.29, 1.82) is 0 Å². The molecule has 172 valence electrons. The number of benzene rings is 3. The standard InChI is InChI=1S/C26H31N5O2/c1-2-3-4-21-5-7-22(8-6-21)27-28-23-9-11-24(12-10-23)29-30-25-13-15-26(16-14-25)31(17-19-32)18-20-33/h5-16,32-33H,2-4,17-20H2,1H3. The van der Waals surface area contributed by atoms with E-state index in [-0.39, 0.29) is 13.2 Å². The van der Waals surface area contributed by atoms with E-state index in [1.807, 2.05) is 65.6 Å². The minimum Gasteiger partial charge on any atom is -0.395 e. The fourth-order valence-corrected chi connectivity index (χ4v) is 3.27. The Hall–Kier alpha value is -3.42. The molecule has 0 bridgehead atoms. The molecule has 0 fully saturated rings. The average molecular weight is 446 g/mol. The maximum atomic E-state index is 9.17. The zero-order valence-electron chi connectivity index (χ0n) is 19.0. The van der Waals surface area contributed by atoms with Gasteiger partial charge in [0.15, 0.2) is 0 Å². The van der Waals surface area contributed by atoms with Crippen molar-refractivity contribution in [2.45, 2.75) is 26.2 Å². The lowest BCUT2D eigenvalue weighted by Gasteiger charge is -2.22. The van der Waals surface area contributed by atoms with Crippen molar-refractivity contribution in [2.24, 2.45) is 20.5 Å². The molecule has 0 radical (unpaired) electrons. The Morgan fingerprint density at radius 2 is 1.00 bits per heavy atom. The van der Waals surface area contributed by atoms with Crippen molar-refractivity contribution >= 4 is 28.4 Å². The van der Waals surface area contributed by atoms with Crippen molar-refractivity contribution in [1.82, 2.24) is 0 Å². The van der Waals surface area contributed by atoms with E-state index in [9.17, 15) is 0 Å². The molecule has 0 aromatic heterocycles. The predicted octanol–water partition coefficient (Wildman–Crippen LogP) is 6.65. The third kappa shape index (κ3) is 7.89. The second-order valence-corrected chi connectivity index (χ2v) is 7.64. The van der Waals surface area contributed by atoms with Crippen LogP contribution in [0.4, 0.5) is 28.4 Å². The van der Waals surface area contributed by atoms with E-state index in [0.29, 0.717) is 13.1 Å². The fraction of sp³-hybridized carbons (Fsp3) is 0.308. The first-order chi connectivity index (χ1) is 16.2. The summed E-state index contributed by atoms with van der Waals surface area (Å²) in [5.74, 6) is 0. The summed E-state index contributed by atoms with van der Waals surface area (Å²) in [5, 5.41) is 35.5. The van der Waals surface area contributed by atoms with E-state index in [4.69, 9.17) is 10.2 Å². The lowest BCUT2D eigenvalue weighted by Crippen LogP contribution is -2.29. The third-order valence-corrected chi connectivity index (χ3v) is 5.12. The second kappa shape index (κ2) is 13.2. The highest BCUT2D eigenvalue weighted by atomic mass is 16.3. The number of azo groups is 2. The zero-order chi connectivity index (χ0) is 23.3. The minimum absolute atomic E-state index is 0.0301. The van der Waals surface area contributed by atoms with Crippen LogP contribution in [0.3, 0.4) is 0 Å². The van der Waals surface area contributed by atoms with Crippen molar-refractivity contribution in [3.05, 3.63) is 78.4 Å². The number of rotatable bonds is 12. The lowest BCUT2D eigenvalue weighted by atomic mass is 10.1. The zero-order valence-corrected chi connectivity index (χ0v) is 19.0. The second-order valence-electron chi connectivity index (χ2n) is 7.64. The van der Waals surface area contributed by atoms with Crippen LogP contribution in [0.5, 0.6) is 0 Å². The number of anilines is 1. The fourth-order valence-electron chi connectivity index (χ4n) is 3.27. The monoisotopic (exact) mass is 445 g/mol. The maximum Gasteiger partial charge on any atom is 0.0858 e. The summed E-state index contributed by atoms with van der Waals surface area (Å²) in [4.78, 5) is 1.91. The van der Waals surface area contributed by atoms with Gasteiger partial charge in [0.25, 0.3) is 0 Å². The van der Waals surface area contributed by atoms with Crippen LogP contribution in [0.15, 0.2) is 93.3 Å². The van der Waals surface area contributed by atoms with Crippen LogP contribution in [0.25, 0.3) is 0 Å². The van der Waals surface area contributed by atoms with Crippen LogP contribution in [0.2, 0.25) is 0 Å². The molecule has 0 aliphatic heterocycles. The summed E-state index contributed by atoms with van der Waals surface area (Å²) >= 11 is 0. The molecule has 0 aliphatic carbocycles. The summed E-state index contributed by atoms with van der Waals surface area (Å²) in [6, 6.07) is 23.1. The lowest BCUT2D eigenvalue weighted by molar-refractivity contribution is 0.281. The Labute approximate surface area is 195 Å². The number of unbranched alkanes of at least 4 members (excludes halogenated alkanes) is 1. The van der Waals surface area contributed by atoms with E-state index >= 15 is 0 Å². The highest BCUT2D eigenvalue weighted by molar-refractivity contribution is 5.53. The van der Waals surface area contributed by atoms with E-state index in [1.54, 1.807) is 0 Å². The predicted molar refractivity (Wildman–Crippen MR) is 133 cm³/mol. The van der Waals surface area contributed by atoms with Crippen molar-refractivity contribution in [3.8, 4) is 0 Å². The average Bonchev–Trinajstić information content (AvgIpc) is 2.86. The Morgan fingerprint density at radius 1 is 0.606 bits per heavy atom. The number of aliphatic hydroxyl groups is 2. The van der Waals surface area contributed by atoms with Gasteiger partial charge in [-0.1, -0.05) is 25.5 Å². The van der Waals surface area contributed by atoms with Gasteiger partial charge >= 0.3 is 0 Å². The highest BCUT2D eigenvalue weighted by Gasteiger charge is 2.05. The Kier molecular flexibility index (Phi) is 9.69. The van der Waals surface area contributed by atoms with Gasteiger partial charge in [0.05, 0.1) is 36.0 Å². The molecule has 2 N–H and O–H groups in total. The van der Waals surface area contributed by atoms with Crippen LogP contribution < -0.4 is 4.90 Å². The van der Waals surface area contributed by atoms with Crippen molar-refractivity contribution < 1.29 is 10.2 Å². The molecule has 0 aliphatic rings. The number of aliphatic hydroxyl groups excluding tert-OH is 2.